The summed E-state index contributed by atoms with van der Waals surface area (Å²) >= 11 is 1.71. The first-order valence-corrected chi connectivity index (χ1v) is 15.2. The molecule has 0 bridgehead atoms. The molecule has 9 rings (SSSR count). The summed E-state index contributed by atoms with van der Waals surface area (Å²) in [5.41, 5.74) is 10.4. The Kier molecular flexibility index (Phi) is 4.97. The molecule has 3 nitrogen and oxygen atoms in total. The molecule has 4 heteroatoms. The number of rotatable bonds is 2. The molecule has 0 fully saturated rings. The Morgan fingerprint density at radius 1 is 0.628 bits per heavy atom. The second kappa shape index (κ2) is 8.82. The number of nitrogens with zero attached hydrogens (tertiary/aromatic N) is 2. The van der Waals surface area contributed by atoms with Gasteiger partial charge in [0.1, 0.15) is 11.2 Å². The summed E-state index contributed by atoms with van der Waals surface area (Å²) in [5.74, 6) is 0. The molecule has 43 heavy (non-hydrogen) atoms. The fourth-order valence-electron chi connectivity index (χ4n) is 6.77. The number of fused-ring (bicyclic) bond motifs is 9. The molecule has 0 saturated carbocycles. The van der Waals surface area contributed by atoms with Crippen molar-refractivity contribution in [3.63, 3.8) is 0 Å². The molecule has 0 atom stereocenters. The number of aryl methyl sites for hydroxylation is 2. The third-order valence-electron chi connectivity index (χ3n) is 8.71. The fourth-order valence-corrected chi connectivity index (χ4v) is 8.01. The van der Waals surface area contributed by atoms with E-state index in [1.807, 2.05) is 24.3 Å². The quantitative estimate of drug-likeness (QED) is 0.190. The van der Waals surface area contributed by atoms with Crippen molar-refractivity contribution in [2.75, 3.05) is 0 Å². The zero-order valence-corrected chi connectivity index (χ0v) is 24.4. The number of thiophene rings is 1. The van der Waals surface area contributed by atoms with Crippen LogP contribution in [0.15, 0.2) is 114 Å². The highest BCUT2D eigenvalue weighted by molar-refractivity contribution is 7.26. The molecule has 6 aromatic carbocycles. The summed E-state index contributed by atoms with van der Waals surface area (Å²) in [6, 6.07) is 38.7. The monoisotopic (exact) mass is 568 g/mol. The topological polar surface area (TPSA) is 22.4 Å². The van der Waals surface area contributed by atoms with Gasteiger partial charge in [0.15, 0.2) is 0 Å². The lowest BCUT2D eigenvalue weighted by atomic mass is 9.99. The molecule has 0 spiro atoms. The number of furan rings is 1. The van der Waals surface area contributed by atoms with E-state index < -0.39 is 0 Å². The van der Waals surface area contributed by atoms with Gasteiger partial charge in [-0.05, 0) is 73.3 Å². The van der Waals surface area contributed by atoms with Crippen LogP contribution in [0.3, 0.4) is 0 Å². The Morgan fingerprint density at radius 2 is 1.33 bits per heavy atom. The third kappa shape index (κ3) is 3.40. The molecule has 0 aliphatic rings. The standard InChI is InChI=1S/C39H24N2OS/c1-22-14-16-33-29(18-22)30-19-23(2)15-17-34(30)41(33)35-12-7-11-28-31-20-24(21-32(40-3)38(31)43-39(28)35)25-9-6-10-27-26-8-4-5-13-36(26)42-37(25)27/h4-21H,1-2H3. The number of para-hydroxylation sites is 2. The first-order valence-electron chi connectivity index (χ1n) is 14.4. The summed E-state index contributed by atoms with van der Waals surface area (Å²) in [4.78, 5) is 4.04. The number of benzene rings is 6. The first-order chi connectivity index (χ1) is 21.1. The van der Waals surface area contributed by atoms with E-state index in [-0.39, 0.29) is 0 Å². The summed E-state index contributed by atoms with van der Waals surface area (Å²) in [6.45, 7) is 12.5. The highest BCUT2D eigenvalue weighted by Crippen LogP contribution is 2.47. The lowest BCUT2D eigenvalue weighted by Crippen LogP contribution is -1.94. The van der Waals surface area contributed by atoms with Crippen molar-refractivity contribution in [2.45, 2.75) is 13.8 Å². The van der Waals surface area contributed by atoms with Crippen molar-refractivity contribution in [2.24, 2.45) is 0 Å². The van der Waals surface area contributed by atoms with Crippen LogP contribution in [0.5, 0.6) is 0 Å². The van der Waals surface area contributed by atoms with Crippen molar-refractivity contribution in [3.8, 4) is 16.8 Å². The number of aromatic nitrogens is 1. The average molecular weight is 569 g/mol. The largest absolute Gasteiger partial charge is 0.455 e. The van der Waals surface area contributed by atoms with Crippen molar-refractivity contribution in [3.05, 3.63) is 132 Å². The highest BCUT2D eigenvalue weighted by atomic mass is 32.1. The van der Waals surface area contributed by atoms with Crippen molar-refractivity contribution < 1.29 is 4.42 Å². The van der Waals surface area contributed by atoms with Gasteiger partial charge < -0.3 is 8.98 Å². The van der Waals surface area contributed by atoms with E-state index in [0.717, 1.165) is 54.2 Å². The molecule has 0 unspecified atom stereocenters. The van der Waals surface area contributed by atoms with Crippen LogP contribution in [0.2, 0.25) is 0 Å². The molecule has 3 aromatic heterocycles. The maximum Gasteiger partial charge on any atom is 0.205 e. The Morgan fingerprint density at radius 3 is 2.09 bits per heavy atom. The molecule has 202 valence electrons. The summed E-state index contributed by atoms with van der Waals surface area (Å²) in [7, 11) is 0. The van der Waals surface area contributed by atoms with Crippen molar-refractivity contribution in [1.29, 1.82) is 0 Å². The minimum Gasteiger partial charge on any atom is -0.455 e. The third-order valence-corrected chi connectivity index (χ3v) is 9.98. The predicted octanol–water partition coefficient (Wildman–Crippen LogP) is 11.9. The van der Waals surface area contributed by atoms with Gasteiger partial charge in [-0.1, -0.05) is 71.8 Å². The zero-order valence-electron chi connectivity index (χ0n) is 23.6. The maximum atomic E-state index is 8.16. The summed E-state index contributed by atoms with van der Waals surface area (Å²) in [5, 5.41) is 6.99. The van der Waals surface area contributed by atoms with E-state index in [2.05, 4.69) is 108 Å². The Hall–Kier alpha value is -5.37. The molecule has 0 amide bonds. The van der Waals surface area contributed by atoms with Gasteiger partial charge in [0.2, 0.25) is 5.69 Å². The molecular formula is C39H24N2OS. The van der Waals surface area contributed by atoms with E-state index in [9.17, 15) is 0 Å². The minimum absolute atomic E-state index is 0.668. The van der Waals surface area contributed by atoms with Gasteiger partial charge in [0.05, 0.1) is 28.0 Å². The van der Waals surface area contributed by atoms with Gasteiger partial charge in [-0.25, -0.2) is 4.85 Å². The molecule has 0 N–H and O–H groups in total. The molecule has 0 radical (unpaired) electrons. The van der Waals surface area contributed by atoms with Crippen LogP contribution < -0.4 is 0 Å². The van der Waals surface area contributed by atoms with E-state index in [0.29, 0.717) is 5.69 Å². The second-order valence-electron chi connectivity index (χ2n) is 11.4. The van der Waals surface area contributed by atoms with Gasteiger partial charge in [-0.15, -0.1) is 11.3 Å². The smallest absolute Gasteiger partial charge is 0.205 e. The van der Waals surface area contributed by atoms with Crippen LogP contribution in [-0.2, 0) is 0 Å². The highest BCUT2D eigenvalue weighted by Gasteiger charge is 2.20. The molecule has 3 heterocycles. The van der Waals surface area contributed by atoms with Gasteiger partial charge in [-0.2, -0.15) is 0 Å². The van der Waals surface area contributed by atoms with Crippen LogP contribution in [-0.4, -0.2) is 4.57 Å². The first kappa shape index (κ1) is 24.2. The van der Waals surface area contributed by atoms with Crippen LogP contribution in [0.25, 0.3) is 85.6 Å². The Labute approximate surface area is 251 Å². The minimum atomic E-state index is 0.668. The fraction of sp³-hybridized carbons (Fsp3) is 0.0513. The second-order valence-corrected chi connectivity index (χ2v) is 12.4. The van der Waals surface area contributed by atoms with E-state index >= 15 is 0 Å². The van der Waals surface area contributed by atoms with Crippen LogP contribution in [0.4, 0.5) is 5.69 Å². The number of hydrogen-bond acceptors (Lipinski definition) is 2. The van der Waals surface area contributed by atoms with Gasteiger partial charge in [0.25, 0.3) is 0 Å². The molecular weight excluding hydrogens is 545 g/mol. The van der Waals surface area contributed by atoms with Crippen LogP contribution in [0.1, 0.15) is 11.1 Å². The lowest BCUT2D eigenvalue weighted by molar-refractivity contribution is 0.670. The number of hydrogen-bond donors (Lipinski definition) is 0. The average Bonchev–Trinajstić information content (AvgIpc) is 3.70. The Bertz CT molecular complexity index is 2600. The predicted molar refractivity (Wildman–Crippen MR) is 182 cm³/mol. The van der Waals surface area contributed by atoms with Crippen LogP contribution >= 0.6 is 11.3 Å². The molecule has 9 aromatic rings. The van der Waals surface area contributed by atoms with Crippen molar-refractivity contribution in [1.82, 2.24) is 4.57 Å². The summed E-state index contributed by atoms with van der Waals surface area (Å²) < 4.78 is 11.0. The van der Waals surface area contributed by atoms with Gasteiger partial charge in [-0.3, -0.25) is 0 Å². The van der Waals surface area contributed by atoms with Crippen molar-refractivity contribution >= 4 is 80.9 Å². The van der Waals surface area contributed by atoms with E-state index in [4.69, 9.17) is 11.0 Å². The van der Waals surface area contributed by atoms with E-state index in [1.54, 1.807) is 11.3 Å². The van der Waals surface area contributed by atoms with E-state index in [1.165, 1.54) is 37.6 Å². The molecule has 0 aliphatic carbocycles. The SMILES string of the molecule is [C-]#[N+]c1cc(-c2cccc3c2oc2ccccc23)cc2c1sc1c(-n3c4ccc(C)cc4c4cc(C)ccc43)cccc12. The summed E-state index contributed by atoms with van der Waals surface area (Å²) in [6.07, 6.45) is 0. The molecule has 0 aliphatic heterocycles. The molecule has 0 saturated heterocycles. The van der Waals surface area contributed by atoms with Crippen LogP contribution in [0, 0.1) is 20.4 Å². The Balaban J connectivity index is 1.35. The van der Waals surface area contributed by atoms with Gasteiger partial charge in [0, 0.05) is 37.2 Å². The normalized spacial score (nSPS) is 11.9. The lowest BCUT2D eigenvalue weighted by Gasteiger charge is -2.09. The zero-order chi connectivity index (χ0) is 28.8. The van der Waals surface area contributed by atoms with Gasteiger partial charge >= 0.3 is 0 Å². The maximum absolute atomic E-state index is 8.16.